The molecular weight excluding hydrogens is 534 g/mol. The first-order chi connectivity index (χ1) is 18.9. The van der Waals surface area contributed by atoms with Crippen LogP contribution in [0.1, 0.15) is 66.6 Å². The van der Waals surface area contributed by atoms with Gasteiger partial charge in [0.2, 0.25) is 0 Å². The maximum atomic E-state index is 14.4. The highest BCUT2D eigenvalue weighted by Crippen LogP contribution is 2.33. The van der Waals surface area contributed by atoms with Gasteiger partial charge in [-0.3, -0.25) is 14.4 Å². The summed E-state index contributed by atoms with van der Waals surface area (Å²) in [6.07, 6.45) is -4.48. The number of nitrogens with one attached hydrogen (secondary N) is 2. The zero-order valence-electron chi connectivity index (χ0n) is 20.8. The summed E-state index contributed by atoms with van der Waals surface area (Å²) in [6.45, 7) is 1.27. The van der Waals surface area contributed by atoms with E-state index in [1.54, 1.807) is 18.2 Å². The molecule has 2 heterocycles. The Morgan fingerprint density at radius 3 is 2.48 bits per heavy atom. The summed E-state index contributed by atoms with van der Waals surface area (Å²) in [6, 6.07) is 9.31. The fourth-order valence-electron chi connectivity index (χ4n) is 4.54. The lowest BCUT2D eigenvalue weighted by Crippen LogP contribution is -2.35. The molecule has 13 heteroatoms. The molecule has 0 bridgehead atoms. The summed E-state index contributed by atoms with van der Waals surface area (Å²) >= 11 is 0. The number of nitrogens with zero attached hydrogens (tertiary/aromatic N) is 3. The number of amides is 2. The third-order valence-electron chi connectivity index (χ3n) is 6.61. The Hall–Kier alpha value is -4.65. The quantitative estimate of drug-likeness (QED) is 0.247. The van der Waals surface area contributed by atoms with Gasteiger partial charge in [0.05, 0.1) is 23.9 Å². The van der Waals surface area contributed by atoms with Crippen molar-refractivity contribution in [3.8, 4) is 0 Å². The van der Waals surface area contributed by atoms with Crippen LogP contribution in [-0.2, 0) is 19.1 Å². The predicted molar refractivity (Wildman–Crippen MR) is 132 cm³/mol. The number of aliphatic hydroxyl groups is 1. The van der Waals surface area contributed by atoms with E-state index in [2.05, 4.69) is 20.7 Å². The van der Waals surface area contributed by atoms with Crippen molar-refractivity contribution in [1.29, 1.82) is 0 Å². The number of halogens is 4. The van der Waals surface area contributed by atoms with Gasteiger partial charge in [0, 0.05) is 24.6 Å². The SMILES string of the molecule is CC(=O)c1ccc2c(c1)C[C@H](O)[C@@H]2NC(=O)c1cc(C(=O)NCc2ccc(C(F)(F)F)cc2)nc2c(F)cnn12. The number of carbonyl (C=O) groups is 3. The fraction of sp³-hybridized carbons (Fsp3) is 0.222. The van der Waals surface area contributed by atoms with Gasteiger partial charge in [-0.2, -0.15) is 18.3 Å². The van der Waals surface area contributed by atoms with Crippen LogP contribution in [-0.4, -0.2) is 43.4 Å². The number of rotatable bonds is 6. The second-order valence-corrected chi connectivity index (χ2v) is 9.32. The van der Waals surface area contributed by atoms with Crippen molar-refractivity contribution in [2.24, 2.45) is 0 Å². The lowest BCUT2D eigenvalue weighted by molar-refractivity contribution is -0.137. The number of alkyl halides is 3. The van der Waals surface area contributed by atoms with Crippen molar-refractivity contribution in [2.75, 3.05) is 0 Å². The number of Topliss-reactive ketones (excluding diaryl/α,β-unsaturated/α-hetero) is 1. The maximum Gasteiger partial charge on any atom is 0.416 e. The highest BCUT2D eigenvalue weighted by Gasteiger charge is 2.34. The van der Waals surface area contributed by atoms with Crippen LogP contribution >= 0.6 is 0 Å². The minimum Gasteiger partial charge on any atom is -0.390 e. The van der Waals surface area contributed by atoms with E-state index < -0.39 is 47.2 Å². The number of aliphatic hydroxyl groups excluding tert-OH is 1. The first-order valence-corrected chi connectivity index (χ1v) is 12.0. The second-order valence-electron chi connectivity index (χ2n) is 9.32. The van der Waals surface area contributed by atoms with Gasteiger partial charge in [-0.15, -0.1) is 0 Å². The van der Waals surface area contributed by atoms with Gasteiger partial charge in [0.1, 0.15) is 11.4 Å². The Balaban J connectivity index is 1.38. The van der Waals surface area contributed by atoms with Gasteiger partial charge in [-0.05, 0) is 41.8 Å². The standard InChI is InChI=1S/C27H21F4N5O4/c1-13(37)15-4-7-18-16(8-15)9-22(38)23(18)35-26(40)21-10-20(34-24-19(28)12-33-36(21)24)25(39)32-11-14-2-5-17(6-3-14)27(29,30)31/h2-8,10,12,22-23,38H,9,11H2,1H3,(H,32,39)(H,35,40)/t22-,23+/m0/s1. The van der Waals surface area contributed by atoms with Crippen molar-refractivity contribution >= 4 is 23.2 Å². The molecular formula is C27H21F4N5O4. The van der Waals surface area contributed by atoms with Gasteiger partial charge in [-0.25, -0.2) is 13.9 Å². The van der Waals surface area contributed by atoms with E-state index in [0.717, 1.165) is 28.9 Å². The molecule has 0 aliphatic heterocycles. The Morgan fingerprint density at radius 1 is 1.07 bits per heavy atom. The van der Waals surface area contributed by atoms with E-state index in [1.165, 1.54) is 19.1 Å². The molecule has 0 saturated heterocycles. The number of fused-ring (bicyclic) bond motifs is 2. The van der Waals surface area contributed by atoms with E-state index in [0.29, 0.717) is 22.3 Å². The van der Waals surface area contributed by atoms with Gasteiger partial charge in [0.25, 0.3) is 11.8 Å². The average Bonchev–Trinajstić information content (AvgIpc) is 3.44. The van der Waals surface area contributed by atoms with Crippen molar-refractivity contribution in [1.82, 2.24) is 25.2 Å². The largest absolute Gasteiger partial charge is 0.416 e. The molecule has 1 aliphatic rings. The summed E-state index contributed by atoms with van der Waals surface area (Å²) in [5.41, 5.74) is 0.334. The number of benzene rings is 2. The Kier molecular flexibility index (Phi) is 6.84. The van der Waals surface area contributed by atoms with E-state index in [-0.39, 0.29) is 30.1 Å². The molecule has 9 nitrogen and oxygen atoms in total. The van der Waals surface area contributed by atoms with Crippen molar-refractivity contribution in [3.05, 3.63) is 99.8 Å². The topological polar surface area (TPSA) is 126 Å². The van der Waals surface area contributed by atoms with Crippen LogP contribution < -0.4 is 10.6 Å². The molecule has 0 unspecified atom stereocenters. The lowest BCUT2D eigenvalue weighted by atomic mass is 10.0. The number of ketones is 1. The molecule has 2 atom stereocenters. The van der Waals surface area contributed by atoms with Gasteiger partial charge < -0.3 is 15.7 Å². The Bertz CT molecular complexity index is 1650. The molecule has 2 amide bonds. The molecule has 0 spiro atoms. The molecule has 206 valence electrons. The molecule has 2 aromatic heterocycles. The molecule has 0 saturated carbocycles. The van der Waals surface area contributed by atoms with Gasteiger partial charge in [-0.1, -0.05) is 24.3 Å². The van der Waals surface area contributed by atoms with Crippen LogP contribution in [0.25, 0.3) is 5.65 Å². The molecule has 40 heavy (non-hydrogen) atoms. The van der Waals surface area contributed by atoms with Crippen molar-refractivity contribution in [2.45, 2.75) is 38.2 Å². The first-order valence-electron chi connectivity index (χ1n) is 12.0. The molecule has 4 aromatic rings. The highest BCUT2D eigenvalue weighted by molar-refractivity contribution is 5.98. The van der Waals surface area contributed by atoms with E-state index in [1.807, 2.05) is 0 Å². The fourth-order valence-corrected chi connectivity index (χ4v) is 4.54. The molecule has 5 rings (SSSR count). The minimum absolute atomic E-state index is 0.145. The van der Waals surface area contributed by atoms with E-state index in [9.17, 15) is 37.1 Å². The maximum absolute atomic E-state index is 14.4. The van der Waals surface area contributed by atoms with Gasteiger partial charge >= 0.3 is 6.18 Å². The van der Waals surface area contributed by atoms with Crippen LogP contribution in [0.5, 0.6) is 0 Å². The first kappa shape index (κ1) is 26.9. The Labute approximate surface area is 223 Å². The van der Waals surface area contributed by atoms with E-state index in [4.69, 9.17) is 0 Å². The van der Waals surface area contributed by atoms with Crippen LogP contribution in [0.3, 0.4) is 0 Å². The lowest BCUT2D eigenvalue weighted by Gasteiger charge is -2.18. The summed E-state index contributed by atoms with van der Waals surface area (Å²) in [4.78, 5) is 41.8. The number of hydrogen-bond donors (Lipinski definition) is 3. The summed E-state index contributed by atoms with van der Waals surface area (Å²) in [5, 5.41) is 19.6. The normalized spacial score (nSPS) is 16.6. The second kappa shape index (κ2) is 10.2. The minimum atomic E-state index is -4.50. The zero-order chi connectivity index (χ0) is 28.8. The third kappa shape index (κ3) is 5.15. The molecule has 1 aliphatic carbocycles. The van der Waals surface area contributed by atoms with Gasteiger partial charge in [0.15, 0.2) is 17.2 Å². The number of carbonyl (C=O) groups excluding carboxylic acids is 3. The van der Waals surface area contributed by atoms with Crippen LogP contribution in [0.4, 0.5) is 17.6 Å². The predicted octanol–water partition coefficient (Wildman–Crippen LogP) is 3.41. The molecule has 0 radical (unpaired) electrons. The number of hydrogen-bond acceptors (Lipinski definition) is 6. The Morgan fingerprint density at radius 2 is 1.80 bits per heavy atom. The monoisotopic (exact) mass is 555 g/mol. The molecule has 3 N–H and O–H groups in total. The number of aromatic nitrogens is 3. The van der Waals surface area contributed by atoms with Crippen LogP contribution in [0.2, 0.25) is 0 Å². The highest BCUT2D eigenvalue weighted by atomic mass is 19.4. The average molecular weight is 555 g/mol. The van der Waals surface area contributed by atoms with Crippen molar-refractivity contribution < 1.29 is 37.1 Å². The van der Waals surface area contributed by atoms with Crippen LogP contribution in [0, 0.1) is 5.82 Å². The molecule has 2 aromatic carbocycles. The van der Waals surface area contributed by atoms with Crippen molar-refractivity contribution in [3.63, 3.8) is 0 Å². The van der Waals surface area contributed by atoms with Crippen LogP contribution in [0.15, 0.2) is 54.7 Å². The van der Waals surface area contributed by atoms with E-state index >= 15 is 0 Å². The smallest absolute Gasteiger partial charge is 0.390 e. The summed E-state index contributed by atoms with van der Waals surface area (Å²) < 4.78 is 53.7. The summed E-state index contributed by atoms with van der Waals surface area (Å²) in [7, 11) is 0. The summed E-state index contributed by atoms with van der Waals surface area (Å²) in [5.74, 6) is -2.62. The third-order valence-corrected chi connectivity index (χ3v) is 6.61. The molecule has 0 fully saturated rings. The zero-order valence-corrected chi connectivity index (χ0v) is 20.8.